The fourth-order valence-corrected chi connectivity index (χ4v) is 2.09. The van der Waals surface area contributed by atoms with Crippen LogP contribution in [0.15, 0.2) is 0 Å². The number of morpholine rings is 1. The number of hydrogen-bond donors (Lipinski definition) is 1. The first-order valence-electron chi connectivity index (χ1n) is 5.22. The maximum Gasteiger partial charge on any atom is 0.329 e. The van der Waals surface area contributed by atoms with E-state index in [0.29, 0.717) is 13.0 Å². The van der Waals surface area contributed by atoms with Gasteiger partial charge in [0.2, 0.25) is 5.91 Å². The summed E-state index contributed by atoms with van der Waals surface area (Å²) < 4.78 is 4.94. The molecule has 2 rings (SSSR count). The highest BCUT2D eigenvalue weighted by molar-refractivity contribution is 5.89. The number of rotatable bonds is 3. The summed E-state index contributed by atoms with van der Waals surface area (Å²) in [5, 5.41) is 8.70. The minimum absolute atomic E-state index is 0.0637. The topological polar surface area (TPSA) is 83.9 Å². The first-order valence-corrected chi connectivity index (χ1v) is 5.22. The average molecular weight is 227 g/mol. The second-order valence-corrected chi connectivity index (χ2v) is 4.30. The van der Waals surface area contributed by atoms with Crippen molar-refractivity contribution in [3.63, 3.8) is 0 Å². The zero-order chi connectivity index (χ0) is 11.9. The van der Waals surface area contributed by atoms with Crippen LogP contribution in [-0.4, -0.2) is 46.5 Å². The Morgan fingerprint density at radius 2 is 2.31 bits per heavy atom. The van der Waals surface area contributed by atoms with E-state index in [1.807, 2.05) is 0 Å². The molecule has 0 aliphatic carbocycles. The number of carbonyl (C=O) groups is 3. The van der Waals surface area contributed by atoms with Crippen LogP contribution in [0.3, 0.4) is 0 Å². The molecule has 1 amide bonds. The summed E-state index contributed by atoms with van der Waals surface area (Å²) in [6.45, 7) is 1.88. The van der Waals surface area contributed by atoms with Gasteiger partial charge in [0.1, 0.15) is 12.1 Å². The predicted molar refractivity (Wildman–Crippen MR) is 51.4 cm³/mol. The number of carboxylic acids is 1. The lowest BCUT2D eigenvalue weighted by molar-refractivity contribution is -0.158. The van der Waals surface area contributed by atoms with Crippen molar-refractivity contribution in [3.8, 4) is 0 Å². The SMILES string of the molecule is C[C@@H](CC(=O)N1C[C@H]2C[C@H]1C(=O)O2)C(=O)O. The van der Waals surface area contributed by atoms with Gasteiger partial charge in [-0.05, 0) is 0 Å². The monoisotopic (exact) mass is 227 g/mol. The molecule has 2 bridgehead atoms. The molecular weight excluding hydrogens is 214 g/mol. The highest BCUT2D eigenvalue weighted by Gasteiger charge is 2.48. The molecule has 6 nitrogen and oxygen atoms in total. The number of likely N-dealkylation sites (tertiary alicyclic amines) is 1. The van der Waals surface area contributed by atoms with E-state index in [1.165, 1.54) is 11.8 Å². The molecule has 2 heterocycles. The number of fused-ring (bicyclic) bond motifs is 2. The Labute approximate surface area is 92.2 Å². The standard InChI is InChI=1S/C10H13NO5/c1-5(9(13)14)2-8(12)11-4-6-3-7(11)10(15)16-6/h5-7H,2-4H2,1H3,(H,13,14)/t5-,6+,7-/m0/s1. The van der Waals surface area contributed by atoms with Crippen molar-refractivity contribution in [2.24, 2.45) is 5.92 Å². The maximum atomic E-state index is 11.8. The van der Waals surface area contributed by atoms with Crippen molar-refractivity contribution < 1.29 is 24.2 Å². The lowest BCUT2D eigenvalue weighted by Crippen LogP contribution is -2.45. The molecule has 2 aliphatic heterocycles. The molecule has 0 unspecified atom stereocenters. The van der Waals surface area contributed by atoms with Crippen LogP contribution in [0.25, 0.3) is 0 Å². The van der Waals surface area contributed by atoms with E-state index >= 15 is 0 Å². The van der Waals surface area contributed by atoms with Crippen molar-refractivity contribution in [1.82, 2.24) is 4.90 Å². The number of aliphatic carboxylic acids is 1. The zero-order valence-electron chi connectivity index (χ0n) is 8.88. The molecule has 2 fully saturated rings. The molecule has 0 aromatic rings. The number of carboxylic acid groups (broad SMARTS) is 1. The molecule has 2 aliphatic rings. The molecule has 3 atom stereocenters. The minimum Gasteiger partial charge on any atom is -0.481 e. The molecule has 0 radical (unpaired) electrons. The van der Waals surface area contributed by atoms with Crippen LogP contribution in [0.2, 0.25) is 0 Å². The van der Waals surface area contributed by atoms with Gasteiger partial charge in [0.25, 0.3) is 0 Å². The van der Waals surface area contributed by atoms with Gasteiger partial charge in [0, 0.05) is 12.8 Å². The molecule has 0 aromatic carbocycles. The summed E-state index contributed by atoms with van der Waals surface area (Å²) >= 11 is 0. The largest absolute Gasteiger partial charge is 0.481 e. The summed E-state index contributed by atoms with van der Waals surface area (Å²) in [5.41, 5.74) is 0. The van der Waals surface area contributed by atoms with E-state index in [4.69, 9.17) is 9.84 Å². The van der Waals surface area contributed by atoms with Gasteiger partial charge in [0.05, 0.1) is 12.5 Å². The second kappa shape index (κ2) is 3.77. The van der Waals surface area contributed by atoms with Gasteiger partial charge in [-0.1, -0.05) is 6.92 Å². The fraction of sp³-hybridized carbons (Fsp3) is 0.700. The highest BCUT2D eigenvalue weighted by atomic mass is 16.6. The Kier molecular flexibility index (Phi) is 2.57. The van der Waals surface area contributed by atoms with Crippen molar-refractivity contribution in [1.29, 1.82) is 0 Å². The second-order valence-electron chi connectivity index (χ2n) is 4.30. The van der Waals surface area contributed by atoms with Crippen molar-refractivity contribution in [2.45, 2.75) is 31.9 Å². The Bertz CT molecular complexity index is 353. The molecule has 16 heavy (non-hydrogen) atoms. The summed E-state index contributed by atoms with van der Waals surface area (Å²) in [6, 6.07) is -0.488. The smallest absolute Gasteiger partial charge is 0.329 e. The van der Waals surface area contributed by atoms with Gasteiger partial charge in [-0.25, -0.2) is 4.79 Å². The molecule has 2 saturated heterocycles. The molecule has 1 N–H and O–H groups in total. The third-order valence-electron chi connectivity index (χ3n) is 3.04. The maximum absolute atomic E-state index is 11.8. The number of hydrogen-bond acceptors (Lipinski definition) is 4. The van der Waals surface area contributed by atoms with Gasteiger partial charge in [-0.15, -0.1) is 0 Å². The van der Waals surface area contributed by atoms with Crippen molar-refractivity contribution in [3.05, 3.63) is 0 Å². The summed E-state index contributed by atoms with van der Waals surface area (Å²) in [5.74, 6) is -2.37. The Morgan fingerprint density at radius 3 is 2.81 bits per heavy atom. The third kappa shape index (κ3) is 1.75. The molecule has 0 aromatic heterocycles. The number of carbonyl (C=O) groups excluding carboxylic acids is 2. The molecule has 6 heteroatoms. The number of esters is 1. The van der Waals surface area contributed by atoms with Crippen LogP contribution in [0, 0.1) is 5.92 Å². The Morgan fingerprint density at radius 1 is 1.62 bits per heavy atom. The molecule has 88 valence electrons. The Balaban J connectivity index is 1.96. The number of nitrogens with zero attached hydrogens (tertiary/aromatic N) is 1. The highest BCUT2D eigenvalue weighted by Crippen LogP contribution is 2.29. The molecular formula is C10H13NO5. The molecule has 0 saturated carbocycles. The Hall–Kier alpha value is -1.59. The van der Waals surface area contributed by atoms with E-state index in [-0.39, 0.29) is 24.4 Å². The summed E-state index contributed by atoms with van der Waals surface area (Å²) in [7, 11) is 0. The first kappa shape index (κ1) is 10.9. The van der Waals surface area contributed by atoms with Gasteiger partial charge in [-0.3, -0.25) is 9.59 Å². The average Bonchev–Trinajstić information content (AvgIpc) is 2.75. The van der Waals surface area contributed by atoms with Gasteiger partial charge in [0.15, 0.2) is 0 Å². The van der Waals surface area contributed by atoms with Gasteiger partial charge in [-0.2, -0.15) is 0 Å². The van der Waals surface area contributed by atoms with Crippen molar-refractivity contribution >= 4 is 17.8 Å². The quantitative estimate of drug-likeness (QED) is 0.664. The van der Waals surface area contributed by atoms with Crippen LogP contribution < -0.4 is 0 Å². The number of ether oxygens (including phenoxy) is 1. The minimum atomic E-state index is -1.000. The van der Waals surface area contributed by atoms with E-state index in [2.05, 4.69) is 0 Å². The van der Waals surface area contributed by atoms with Gasteiger partial charge >= 0.3 is 11.9 Å². The van der Waals surface area contributed by atoms with E-state index in [0.717, 1.165) is 0 Å². The van der Waals surface area contributed by atoms with Gasteiger partial charge < -0.3 is 14.7 Å². The number of amides is 1. The van der Waals surface area contributed by atoms with E-state index < -0.39 is 17.9 Å². The van der Waals surface area contributed by atoms with E-state index in [9.17, 15) is 14.4 Å². The summed E-state index contributed by atoms with van der Waals surface area (Å²) in [6.07, 6.45) is 0.291. The molecule has 0 spiro atoms. The van der Waals surface area contributed by atoms with Crippen LogP contribution in [0.1, 0.15) is 19.8 Å². The van der Waals surface area contributed by atoms with E-state index in [1.54, 1.807) is 0 Å². The summed E-state index contributed by atoms with van der Waals surface area (Å²) in [4.78, 5) is 35.0. The lowest BCUT2D eigenvalue weighted by atomic mass is 10.1. The van der Waals surface area contributed by atoms with Crippen LogP contribution in [0.5, 0.6) is 0 Å². The van der Waals surface area contributed by atoms with Crippen molar-refractivity contribution in [2.75, 3.05) is 6.54 Å². The van der Waals surface area contributed by atoms with Crippen LogP contribution in [-0.2, 0) is 19.1 Å². The first-order chi connectivity index (χ1) is 7.49. The van der Waals surface area contributed by atoms with Crippen LogP contribution in [0.4, 0.5) is 0 Å². The predicted octanol–water partition coefficient (Wildman–Crippen LogP) is -0.376. The van der Waals surface area contributed by atoms with Crippen LogP contribution >= 0.6 is 0 Å². The normalized spacial score (nSPS) is 29.1. The zero-order valence-corrected chi connectivity index (χ0v) is 8.88. The third-order valence-corrected chi connectivity index (χ3v) is 3.04. The fourth-order valence-electron chi connectivity index (χ4n) is 2.09. The lowest BCUT2D eigenvalue weighted by Gasteiger charge is -2.26.